The highest BCUT2D eigenvalue weighted by molar-refractivity contribution is 6.35. The third kappa shape index (κ3) is 5.67. The Bertz CT molecular complexity index is 985. The molecule has 2 aromatic rings. The molecule has 0 aliphatic carbocycles. The minimum absolute atomic E-state index is 0.0472. The molecule has 5 nitrogen and oxygen atoms in total. The van der Waals surface area contributed by atoms with Gasteiger partial charge in [-0.1, -0.05) is 11.6 Å². The molecule has 1 saturated heterocycles. The predicted octanol–water partition coefficient (Wildman–Crippen LogP) is 4.63. The van der Waals surface area contributed by atoms with Gasteiger partial charge in [0, 0.05) is 37.4 Å². The maximum atomic E-state index is 13.5. The highest BCUT2D eigenvalue weighted by atomic mass is 35.5. The van der Waals surface area contributed by atoms with Crippen molar-refractivity contribution in [3.8, 4) is 5.75 Å². The number of piperidine rings is 1. The first-order chi connectivity index (χ1) is 14.4. The molecule has 0 saturated carbocycles. The van der Waals surface area contributed by atoms with Gasteiger partial charge in [0.25, 0.3) is 11.8 Å². The Kier molecular flexibility index (Phi) is 6.51. The first kappa shape index (κ1) is 23.3. The number of nitrogens with zero attached hydrogens (tertiary/aromatic N) is 1. The predicted molar refractivity (Wildman–Crippen MR) is 96.7 cm³/mol. The molecule has 0 radical (unpaired) electrons. The van der Waals surface area contributed by atoms with Crippen molar-refractivity contribution < 1.29 is 40.3 Å². The van der Waals surface area contributed by atoms with E-state index >= 15 is 0 Å². The van der Waals surface area contributed by atoms with Crippen LogP contribution in [0, 0.1) is 0 Å². The number of carbonyl (C=O) groups is 1. The number of nitrogens with one attached hydrogen (secondary N) is 2. The Morgan fingerprint density at radius 1 is 1.32 bits per heavy atom. The number of pyridine rings is 1. The fourth-order valence-corrected chi connectivity index (χ4v) is 3.46. The van der Waals surface area contributed by atoms with E-state index in [-0.39, 0.29) is 29.9 Å². The van der Waals surface area contributed by atoms with Crippen LogP contribution in [0.2, 0.25) is 5.02 Å². The van der Waals surface area contributed by atoms with Gasteiger partial charge in [-0.05, 0) is 18.2 Å². The second-order valence-corrected chi connectivity index (χ2v) is 7.31. The zero-order chi connectivity index (χ0) is 23.0. The summed E-state index contributed by atoms with van der Waals surface area (Å²) >= 11 is 5.98. The van der Waals surface area contributed by atoms with Gasteiger partial charge < -0.3 is 15.4 Å². The summed E-state index contributed by atoms with van der Waals surface area (Å²) in [5.74, 6) is -4.59. The SMILES string of the molecule is O=C(NCC1CC(F)(F)CCN1)c1cc(Cl)c2cc(OC(F)F)cc(C(F)(F)F)c2n1. The summed E-state index contributed by atoms with van der Waals surface area (Å²) < 4.78 is 96.2. The van der Waals surface area contributed by atoms with E-state index in [0.717, 1.165) is 12.1 Å². The largest absolute Gasteiger partial charge is 0.435 e. The van der Waals surface area contributed by atoms with E-state index in [2.05, 4.69) is 20.4 Å². The number of ether oxygens (including phenoxy) is 1. The van der Waals surface area contributed by atoms with Crippen LogP contribution in [0.5, 0.6) is 5.75 Å². The van der Waals surface area contributed by atoms with Crippen LogP contribution < -0.4 is 15.4 Å². The molecule has 13 heteroatoms. The lowest BCUT2D eigenvalue weighted by Crippen LogP contribution is -2.49. The van der Waals surface area contributed by atoms with Gasteiger partial charge in [-0.3, -0.25) is 4.79 Å². The molecule has 1 unspecified atom stereocenters. The second-order valence-electron chi connectivity index (χ2n) is 6.90. The van der Waals surface area contributed by atoms with Crippen LogP contribution in [-0.2, 0) is 6.18 Å². The van der Waals surface area contributed by atoms with E-state index in [1.807, 2.05) is 0 Å². The molecule has 1 aliphatic heterocycles. The molecule has 1 aromatic carbocycles. The normalized spacial score (nSPS) is 18.9. The number of aromatic nitrogens is 1. The Balaban J connectivity index is 1.90. The van der Waals surface area contributed by atoms with Crippen LogP contribution in [0.1, 0.15) is 28.9 Å². The third-order valence-electron chi connectivity index (χ3n) is 4.58. The van der Waals surface area contributed by atoms with E-state index in [4.69, 9.17) is 11.6 Å². The molecule has 1 fully saturated rings. The van der Waals surface area contributed by atoms with Crippen molar-refractivity contribution in [1.29, 1.82) is 0 Å². The highest BCUT2D eigenvalue weighted by Gasteiger charge is 2.37. The van der Waals surface area contributed by atoms with Crippen LogP contribution in [0.4, 0.5) is 30.7 Å². The van der Waals surface area contributed by atoms with Crippen molar-refractivity contribution in [2.45, 2.75) is 37.6 Å². The van der Waals surface area contributed by atoms with Crippen molar-refractivity contribution in [1.82, 2.24) is 15.6 Å². The van der Waals surface area contributed by atoms with Crippen LogP contribution in [0.3, 0.4) is 0 Å². The number of carbonyl (C=O) groups excluding carboxylic acids is 1. The third-order valence-corrected chi connectivity index (χ3v) is 4.89. The molecule has 2 N–H and O–H groups in total. The molecule has 31 heavy (non-hydrogen) atoms. The van der Waals surface area contributed by atoms with Gasteiger partial charge in [0.15, 0.2) is 0 Å². The van der Waals surface area contributed by atoms with Crippen molar-refractivity contribution in [3.05, 3.63) is 34.5 Å². The van der Waals surface area contributed by atoms with Crippen LogP contribution >= 0.6 is 11.6 Å². The topological polar surface area (TPSA) is 63.2 Å². The van der Waals surface area contributed by atoms with Crippen LogP contribution in [0.15, 0.2) is 18.2 Å². The summed E-state index contributed by atoms with van der Waals surface area (Å²) in [5, 5.41) is 4.43. The molecular formula is C18H15ClF7N3O2. The first-order valence-electron chi connectivity index (χ1n) is 8.91. The molecule has 1 aromatic heterocycles. The number of amides is 1. The zero-order valence-electron chi connectivity index (χ0n) is 15.5. The van der Waals surface area contributed by atoms with Crippen LogP contribution in [0.25, 0.3) is 10.9 Å². The summed E-state index contributed by atoms with van der Waals surface area (Å²) in [6.45, 7) is -3.53. The molecule has 1 amide bonds. The molecule has 0 spiro atoms. The number of halogens is 8. The number of rotatable bonds is 5. The summed E-state index contributed by atoms with van der Waals surface area (Å²) in [6.07, 6.45) is -5.86. The smallest absolute Gasteiger partial charge is 0.418 e. The van der Waals surface area contributed by atoms with Crippen molar-refractivity contribution in [2.24, 2.45) is 0 Å². The molecule has 2 heterocycles. The van der Waals surface area contributed by atoms with Crippen molar-refractivity contribution in [3.63, 3.8) is 0 Å². The average molecular weight is 474 g/mol. The number of hydrogen-bond donors (Lipinski definition) is 2. The first-order valence-corrected chi connectivity index (χ1v) is 9.29. The number of alkyl halides is 7. The highest BCUT2D eigenvalue weighted by Crippen LogP contribution is 2.39. The van der Waals surface area contributed by atoms with Gasteiger partial charge in [0.05, 0.1) is 16.1 Å². The van der Waals surface area contributed by atoms with Gasteiger partial charge in [-0.2, -0.15) is 22.0 Å². The molecule has 170 valence electrons. The van der Waals surface area contributed by atoms with E-state index in [1.165, 1.54) is 0 Å². The van der Waals surface area contributed by atoms with Gasteiger partial charge in [-0.15, -0.1) is 0 Å². The fraction of sp³-hybridized carbons (Fsp3) is 0.444. The lowest BCUT2D eigenvalue weighted by Gasteiger charge is -2.30. The summed E-state index contributed by atoms with van der Waals surface area (Å²) in [7, 11) is 0. The van der Waals surface area contributed by atoms with Gasteiger partial charge >= 0.3 is 12.8 Å². The summed E-state index contributed by atoms with van der Waals surface area (Å²) in [6, 6.07) is 1.40. The van der Waals surface area contributed by atoms with Gasteiger partial charge in [-0.25, -0.2) is 13.8 Å². The second kappa shape index (κ2) is 8.65. The van der Waals surface area contributed by atoms with E-state index < -0.39 is 59.6 Å². The monoisotopic (exact) mass is 473 g/mol. The summed E-state index contributed by atoms with van der Waals surface area (Å²) in [5.41, 5.74) is -2.66. The molecular weight excluding hydrogens is 459 g/mol. The van der Waals surface area contributed by atoms with Gasteiger partial charge in [0.1, 0.15) is 11.4 Å². The molecule has 1 atom stereocenters. The van der Waals surface area contributed by atoms with Crippen LogP contribution in [-0.4, -0.2) is 42.6 Å². The number of hydrogen-bond acceptors (Lipinski definition) is 4. The maximum absolute atomic E-state index is 13.5. The fourth-order valence-electron chi connectivity index (χ4n) is 3.21. The van der Waals surface area contributed by atoms with Crippen molar-refractivity contribution in [2.75, 3.05) is 13.1 Å². The lowest BCUT2D eigenvalue weighted by atomic mass is 10.0. The van der Waals surface area contributed by atoms with E-state index in [1.54, 1.807) is 0 Å². The minimum Gasteiger partial charge on any atom is -0.435 e. The van der Waals surface area contributed by atoms with Crippen molar-refractivity contribution >= 4 is 28.4 Å². The van der Waals surface area contributed by atoms with Gasteiger partial charge in [0.2, 0.25) is 0 Å². The Hall–Kier alpha value is -2.34. The number of benzene rings is 1. The molecule has 0 bridgehead atoms. The maximum Gasteiger partial charge on any atom is 0.418 e. The standard InChI is InChI=1S/C18H15ClF7N3O2/c19-12-5-13(15(30)28-7-8-6-17(22,23)1-2-27-8)29-14-10(12)3-9(31-16(20)21)4-11(14)18(24,25)26/h3-5,8,16,27H,1-2,6-7H2,(H,28,30). The lowest BCUT2D eigenvalue weighted by molar-refractivity contribution is -0.136. The Labute approximate surface area is 175 Å². The molecule has 3 rings (SSSR count). The minimum atomic E-state index is -5.01. The quantitative estimate of drug-likeness (QED) is 0.622. The average Bonchev–Trinajstić information content (AvgIpc) is 2.64. The zero-order valence-corrected chi connectivity index (χ0v) is 16.3. The number of fused-ring (bicyclic) bond motifs is 1. The Morgan fingerprint density at radius 2 is 2.03 bits per heavy atom. The van der Waals surface area contributed by atoms with E-state index in [0.29, 0.717) is 6.07 Å². The molecule has 1 aliphatic rings. The summed E-state index contributed by atoms with van der Waals surface area (Å²) in [4.78, 5) is 16.1. The Morgan fingerprint density at radius 3 is 2.65 bits per heavy atom. The van der Waals surface area contributed by atoms with E-state index in [9.17, 15) is 35.5 Å².